The van der Waals surface area contributed by atoms with E-state index in [9.17, 15) is 0 Å². The van der Waals surface area contributed by atoms with Gasteiger partial charge in [-0.25, -0.2) is 0 Å². The first-order valence-electron chi connectivity index (χ1n) is 8.18. The summed E-state index contributed by atoms with van der Waals surface area (Å²) in [5.41, 5.74) is 0.813. The van der Waals surface area contributed by atoms with Crippen molar-refractivity contribution < 1.29 is 14.0 Å². The third-order valence-electron chi connectivity index (χ3n) is 4.02. The molecule has 2 heterocycles. The summed E-state index contributed by atoms with van der Waals surface area (Å²) in [5, 5.41) is 7.51. The Morgan fingerprint density at radius 2 is 2.12 bits per heavy atom. The molecule has 0 spiro atoms. The normalized spacial score (nSPS) is 18.0. The molecule has 7 nitrogen and oxygen atoms in total. The number of halogens is 1. The van der Waals surface area contributed by atoms with Gasteiger partial charge in [0.2, 0.25) is 0 Å². The highest BCUT2D eigenvalue weighted by Crippen LogP contribution is 2.33. The molecule has 3 rings (SSSR count). The van der Waals surface area contributed by atoms with Gasteiger partial charge >= 0.3 is 0 Å². The maximum Gasteiger partial charge on any atom is 0.258 e. The summed E-state index contributed by atoms with van der Waals surface area (Å²) in [5.74, 6) is 2.53. The highest BCUT2D eigenvalue weighted by Gasteiger charge is 2.25. The van der Waals surface area contributed by atoms with Crippen molar-refractivity contribution in [2.24, 2.45) is 0 Å². The fourth-order valence-corrected chi connectivity index (χ4v) is 2.73. The molecule has 0 bridgehead atoms. The summed E-state index contributed by atoms with van der Waals surface area (Å²) in [6, 6.07) is 5.76. The molecule has 0 radical (unpaired) electrons. The summed E-state index contributed by atoms with van der Waals surface area (Å²) < 4.78 is 16.6. The van der Waals surface area contributed by atoms with Crippen molar-refractivity contribution in [3.8, 4) is 23.0 Å². The number of nitrogens with one attached hydrogen (secondary N) is 1. The first kappa shape index (κ1) is 19.5. The van der Waals surface area contributed by atoms with Gasteiger partial charge < -0.3 is 19.3 Å². The number of piperazine rings is 1. The Morgan fingerprint density at radius 1 is 1.32 bits per heavy atom. The van der Waals surface area contributed by atoms with Gasteiger partial charge in [-0.2, -0.15) is 4.98 Å². The van der Waals surface area contributed by atoms with Crippen LogP contribution in [0.1, 0.15) is 25.7 Å². The number of nitrogens with zero attached hydrogens (tertiary/aromatic N) is 3. The largest absolute Gasteiger partial charge is 0.493 e. The molecular formula is C17H25ClN4O3. The molecule has 1 saturated heterocycles. The Bertz CT molecular complexity index is 692. The van der Waals surface area contributed by atoms with Gasteiger partial charge in [-0.3, -0.25) is 4.90 Å². The zero-order valence-electron chi connectivity index (χ0n) is 15.0. The monoisotopic (exact) mass is 368 g/mol. The van der Waals surface area contributed by atoms with Crippen molar-refractivity contribution >= 4 is 12.4 Å². The molecule has 8 heteroatoms. The molecule has 0 amide bonds. The van der Waals surface area contributed by atoms with Crippen LogP contribution in [0.15, 0.2) is 22.7 Å². The lowest BCUT2D eigenvalue weighted by Gasteiger charge is -2.30. The van der Waals surface area contributed by atoms with Crippen molar-refractivity contribution in [3.63, 3.8) is 0 Å². The van der Waals surface area contributed by atoms with E-state index in [1.165, 1.54) is 0 Å². The van der Waals surface area contributed by atoms with Crippen molar-refractivity contribution in [1.82, 2.24) is 20.4 Å². The van der Waals surface area contributed by atoms with E-state index >= 15 is 0 Å². The van der Waals surface area contributed by atoms with E-state index in [-0.39, 0.29) is 24.6 Å². The third-order valence-corrected chi connectivity index (χ3v) is 4.02. The third kappa shape index (κ3) is 4.42. The van der Waals surface area contributed by atoms with Crippen molar-refractivity contribution in [2.75, 3.05) is 33.8 Å². The molecule has 1 atom stereocenters. The Labute approximate surface area is 154 Å². The second-order valence-electron chi connectivity index (χ2n) is 6.19. The average Bonchev–Trinajstić information content (AvgIpc) is 3.05. The second kappa shape index (κ2) is 8.51. The highest BCUT2D eigenvalue weighted by atomic mass is 35.5. The Kier molecular flexibility index (Phi) is 6.64. The maximum absolute atomic E-state index is 5.73. The number of rotatable bonds is 5. The van der Waals surface area contributed by atoms with Crippen LogP contribution in [0.4, 0.5) is 0 Å². The minimum atomic E-state index is 0. The van der Waals surface area contributed by atoms with E-state index in [2.05, 4.69) is 27.4 Å². The molecule has 1 aliphatic heterocycles. The average molecular weight is 369 g/mol. The van der Waals surface area contributed by atoms with E-state index in [4.69, 9.17) is 14.0 Å². The molecule has 0 saturated carbocycles. The SMILES string of the molecule is COc1cc(-c2nc(C3CNCCN3C)no2)ccc1OC(C)C.Cl. The quantitative estimate of drug-likeness (QED) is 0.869. The number of likely N-dealkylation sites (N-methyl/N-ethyl adjacent to an activating group) is 1. The van der Waals surface area contributed by atoms with Crippen molar-refractivity contribution in [1.29, 1.82) is 0 Å². The number of aromatic nitrogens is 2. The summed E-state index contributed by atoms with van der Waals surface area (Å²) in [7, 11) is 3.69. The first-order chi connectivity index (χ1) is 11.6. The predicted molar refractivity (Wildman–Crippen MR) is 97.5 cm³/mol. The van der Waals surface area contributed by atoms with E-state index < -0.39 is 0 Å². The van der Waals surface area contributed by atoms with Gasteiger partial charge in [0.1, 0.15) is 0 Å². The number of hydrogen-bond donors (Lipinski definition) is 1. The molecule has 1 unspecified atom stereocenters. The van der Waals surface area contributed by atoms with E-state index in [1.54, 1.807) is 7.11 Å². The first-order valence-corrected chi connectivity index (χ1v) is 8.18. The van der Waals surface area contributed by atoms with Crippen LogP contribution in [-0.4, -0.2) is 54.9 Å². The van der Waals surface area contributed by atoms with Crippen LogP contribution in [0.25, 0.3) is 11.5 Å². The second-order valence-corrected chi connectivity index (χ2v) is 6.19. The van der Waals surface area contributed by atoms with Gasteiger partial charge in [0.05, 0.1) is 19.3 Å². The Morgan fingerprint density at radius 3 is 2.80 bits per heavy atom. The van der Waals surface area contributed by atoms with Gasteiger partial charge in [-0.1, -0.05) is 5.16 Å². The molecule has 1 aliphatic rings. The number of ether oxygens (including phenoxy) is 2. The van der Waals surface area contributed by atoms with Crippen LogP contribution < -0.4 is 14.8 Å². The minimum absolute atomic E-state index is 0. The fourth-order valence-electron chi connectivity index (χ4n) is 2.73. The zero-order valence-corrected chi connectivity index (χ0v) is 15.8. The number of benzene rings is 1. The maximum atomic E-state index is 5.73. The lowest BCUT2D eigenvalue weighted by molar-refractivity contribution is 0.190. The molecular weight excluding hydrogens is 344 g/mol. The van der Waals surface area contributed by atoms with Gasteiger partial charge in [0.15, 0.2) is 17.3 Å². The minimum Gasteiger partial charge on any atom is -0.493 e. The van der Waals surface area contributed by atoms with Gasteiger partial charge in [-0.15, -0.1) is 12.4 Å². The van der Waals surface area contributed by atoms with Crippen LogP contribution in [0, 0.1) is 0 Å². The standard InChI is InChI=1S/C17H24N4O3.ClH/c1-11(2)23-14-6-5-12(9-15(14)22-4)17-19-16(20-24-17)13-10-18-7-8-21(13)3;/h5-6,9,11,13,18H,7-8,10H2,1-4H3;1H. The lowest BCUT2D eigenvalue weighted by atomic mass is 10.2. The molecule has 1 N–H and O–H groups in total. The van der Waals surface area contributed by atoms with E-state index in [0.717, 1.165) is 25.2 Å². The molecule has 25 heavy (non-hydrogen) atoms. The fraction of sp³-hybridized carbons (Fsp3) is 0.529. The summed E-state index contributed by atoms with van der Waals surface area (Å²) in [6.45, 7) is 6.72. The molecule has 1 aromatic carbocycles. The van der Waals surface area contributed by atoms with Crippen LogP contribution in [0.3, 0.4) is 0 Å². The summed E-state index contributed by atoms with van der Waals surface area (Å²) >= 11 is 0. The smallest absolute Gasteiger partial charge is 0.258 e. The molecule has 138 valence electrons. The molecule has 1 aromatic heterocycles. The summed E-state index contributed by atoms with van der Waals surface area (Å²) in [4.78, 5) is 6.79. The van der Waals surface area contributed by atoms with Crippen molar-refractivity contribution in [2.45, 2.75) is 26.0 Å². The van der Waals surface area contributed by atoms with Gasteiger partial charge in [0.25, 0.3) is 5.89 Å². The molecule has 2 aromatic rings. The van der Waals surface area contributed by atoms with E-state index in [1.807, 2.05) is 32.0 Å². The lowest BCUT2D eigenvalue weighted by Crippen LogP contribution is -2.44. The molecule has 1 fully saturated rings. The van der Waals surface area contributed by atoms with Crippen LogP contribution in [-0.2, 0) is 0 Å². The van der Waals surface area contributed by atoms with Crippen LogP contribution in [0.2, 0.25) is 0 Å². The zero-order chi connectivity index (χ0) is 17.1. The molecule has 0 aliphatic carbocycles. The number of hydrogen-bond acceptors (Lipinski definition) is 7. The predicted octanol–water partition coefficient (Wildman–Crippen LogP) is 2.53. The Balaban J connectivity index is 0.00000225. The van der Waals surface area contributed by atoms with Gasteiger partial charge in [0, 0.05) is 25.2 Å². The van der Waals surface area contributed by atoms with E-state index in [0.29, 0.717) is 23.2 Å². The van der Waals surface area contributed by atoms with Crippen LogP contribution in [0.5, 0.6) is 11.5 Å². The number of methoxy groups -OCH3 is 1. The van der Waals surface area contributed by atoms with Crippen LogP contribution >= 0.6 is 12.4 Å². The highest BCUT2D eigenvalue weighted by molar-refractivity contribution is 5.85. The Hall–Kier alpha value is -1.83. The topological polar surface area (TPSA) is 72.7 Å². The van der Waals surface area contributed by atoms with Gasteiger partial charge in [-0.05, 0) is 39.1 Å². The van der Waals surface area contributed by atoms with Crippen molar-refractivity contribution in [3.05, 3.63) is 24.0 Å². The summed E-state index contributed by atoms with van der Waals surface area (Å²) in [6.07, 6.45) is 0.0779.